The van der Waals surface area contributed by atoms with Crippen molar-refractivity contribution in [2.24, 2.45) is 5.73 Å². The SMILES string of the molecule is CCCCC(N)c1cccc(C)n1. The van der Waals surface area contributed by atoms with Gasteiger partial charge in [0, 0.05) is 11.7 Å². The number of unbranched alkanes of at least 4 members (excludes halogenated alkanes) is 1. The van der Waals surface area contributed by atoms with Crippen molar-refractivity contribution >= 4 is 0 Å². The lowest BCUT2D eigenvalue weighted by Gasteiger charge is -2.10. The van der Waals surface area contributed by atoms with Crippen molar-refractivity contribution in [2.45, 2.75) is 39.2 Å². The van der Waals surface area contributed by atoms with Gasteiger partial charge >= 0.3 is 0 Å². The molecule has 0 fully saturated rings. The maximum atomic E-state index is 5.99. The molecule has 0 aliphatic carbocycles. The largest absolute Gasteiger partial charge is 0.323 e. The first-order valence-electron chi connectivity index (χ1n) is 4.93. The van der Waals surface area contributed by atoms with Crippen LogP contribution in [0.25, 0.3) is 0 Å². The quantitative estimate of drug-likeness (QED) is 0.769. The van der Waals surface area contributed by atoms with Crippen LogP contribution in [0.3, 0.4) is 0 Å². The van der Waals surface area contributed by atoms with E-state index in [0.717, 1.165) is 17.8 Å². The number of pyridine rings is 1. The molecule has 0 saturated heterocycles. The van der Waals surface area contributed by atoms with Gasteiger partial charge in [-0.05, 0) is 25.5 Å². The Morgan fingerprint density at radius 2 is 2.23 bits per heavy atom. The van der Waals surface area contributed by atoms with E-state index >= 15 is 0 Å². The molecule has 1 unspecified atom stereocenters. The molecule has 0 amide bonds. The summed E-state index contributed by atoms with van der Waals surface area (Å²) >= 11 is 0. The van der Waals surface area contributed by atoms with Crippen LogP contribution in [-0.2, 0) is 0 Å². The minimum Gasteiger partial charge on any atom is -0.323 e. The van der Waals surface area contributed by atoms with Crippen LogP contribution in [-0.4, -0.2) is 4.98 Å². The number of hydrogen-bond donors (Lipinski definition) is 1. The predicted molar refractivity (Wildman–Crippen MR) is 55.4 cm³/mol. The van der Waals surface area contributed by atoms with Gasteiger partial charge in [-0.15, -0.1) is 0 Å². The molecule has 72 valence electrons. The maximum Gasteiger partial charge on any atom is 0.0574 e. The van der Waals surface area contributed by atoms with E-state index in [-0.39, 0.29) is 6.04 Å². The normalized spacial score (nSPS) is 12.8. The molecular formula is C11H18N2. The lowest BCUT2D eigenvalue weighted by Crippen LogP contribution is -2.12. The molecule has 1 aromatic heterocycles. The summed E-state index contributed by atoms with van der Waals surface area (Å²) < 4.78 is 0. The molecule has 1 aromatic rings. The molecule has 0 aromatic carbocycles. The van der Waals surface area contributed by atoms with Crippen LogP contribution in [0, 0.1) is 6.92 Å². The minimum atomic E-state index is 0.111. The number of hydrogen-bond acceptors (Lipinski definition) is 2. The van der Waals surface area contributed by atoms with Crippen molar-refractivity contribution in [3.8, 4) is 0 Å². The molecule has 0 aliphatic heterocycles. The van der Waals surface area contributed by atoms with Gasteiger partial charge in [-0.25, -0.2) is 0 Å². The first-order valence-corrected chi connectivity index (χ1v) is 4.93. The van der Waals surface area contributed by atoms with E-state index < -0.39 is 0 Å². The summed E-state index contributed by atoms with van der Waals surface area (Å²) in [6.45, 7) is 4.17. The molecule has 0 bridgehead atoms. The summed E-state index contributed by atoms with van der Waals surface area (Å²) in [6.07, 6.45) is 3.41. The first kappa shape index (κ1) is 10.2. The van der Waals surface area contributed by atoms with Crippen LogP contribution >= 0.6 is 0 Å². The summed E-state index contributed by atoms with van der Waals surface area (Å²) in [6, 6.07) is 6.13. The third-order valence-corrected chi connectivity index (χ3v) is 2.16. The fourth-order valence-electron chi connectivity index (χ4n) is 1.34. The Kier molecular flexibility index (Phi) is 3.90. The summed E-state index contributed by atoms with van der Waals surface area (Å²) in [5, 5.41) is 0. The second-order valence-electron chi connectivity index (χ2n) is 3.45. The van der Waals surface area contributed by atoms with Crippen LogP contribution in [0.4, 0.5) is 0 Å². The molecule has 2 nitrogen and oxygen atoms in total. The van der Waals surface area contributed by atoms with Gasteiger partial charge in [0.1, 0.15) is 0 Å². The van der Waals surface area contributed by atoms with Crippen LogP contribution in [0.1, 0.15) is 43.6 Å². The van der Waals surface area contributed by atoms with E-state index in [9.17, 15) is 0 Å². The van der Waals surface area contributed by atoms with E-state index in [1.807, 2.05) is 25.1 Å². The molecule has 1 rings (SSSR count). The molecule has 0 spiro atoms. The molecular weight excluding hydrogens is 160 g/mol. The van der Waals surface area contributed by atoms with E-state index in [4.69, 9.17) is 5.73 Å². The third kappa shape index (κ3) is 3.15. The highest BCUT2D eigenvalue weighted by Crippen LogP contribution is 2.14. The lowest BCUT2D eigenvalue weighted by molar-refractivity contribution is 0.589. The van der Waals surface area contributed by atoms with Crippen LogP contribution in [0.15, 0.2) is 18.2 Å². The van der Waals surface area contributed by atoms with E-state index in [1.54, 1.807) is 0 Å². The average molecular weight is 178 g/mol. The van der Waals surface area contributed by atoms with Crippen molar-refractivity contribution in [1.29, 1.82) is 0 Å². The number of aryl methyl sites for hydroxylation is 1. The molecule has 2 heteroatoms. The maximum absolute atomic E-state index is 5.99. The summed E-state index contributed by atoms with van der Waals surface area (Å²) in [4.78, 5) is 4.40. The van der Waals surface area contributed by atoms with Crippen LogP contribution < -0.4 is 5.73 Å². The predicted octanol–water partition coefficient (Wildman–Crippen LogP) is 2.58. The minimum absolute atomic E-state index is 0.111. The van der Waals surface area contributed by atoms with Crippen molar-refractivity contribution in [2.75, 3.05) is 0 Å². The van der Waals surface area contributed by atoms with Crippen LogP contribution in [0.2, 0.25) is 0 Å². The number of nitrogens with zero attached hydrogens (tertiary/aromatic N) is 1. The van der Waals surface area contributed by atoms with Crippen molar-refractivity contribution in [3.63, 3.8) is 0 Å². The van der Waals surface area contributed by atoms with Gasteiger partial charge in [0.15, 0.2) is 0 Å². The first-order chi connectivity index (χ1) is 6.24. The molecule has 0 saturated carbocycles. The fraction of sp³-hybridized carbons (Fsp3) is 0.545. The fourth-order valence-corrected chi connectivity index (χ4v) is 1.34. The van der Waals surface area contributed by atoms with Gasteiger partial charge in [0.2, 0.25) is 0 Å². The Hall–Kier alpha value is -0.890. The van der Waals surface area contributed by atoms with Gasteiger partial charge in [-0.1, -0.05) is 25.8 Å². The highest BCUT2D eigenvalue weighted by molar-refractivity contribution is 5.12. The van der Waals surface area contributed by atoms with Crippen LogP contribution in [0.5, 0.6) is 0 Å². The Bertz CT molecular complexity index is 258. The van der Waals surface area contributed by atoms with E-state index in [0.29, 0.717) is 0 Å². The smallest absolute Gasteiger partial charge is 0.0574 e. The third-order valence-electron chi connectivity index (χ3n) is 2.16. The van der Waals surface area contributed by atoms with Crippen molar-refractivity contribution in [3.05, 3.63) is 29.6 Å². The van der Waals surface area contributed by atoms with Gasteiger partial charge < -0.3 is 5.73 Å². The zero-order valence-corrected chi connectivity index (χ0v) is 8.46. The highest BCUT2D eigenvalue weighted by Gasteiger charge is 2.05. The number of rotatable bonds is 4. The Morgan fingerprint density at radius 1 is 1.46 bits per heavy atom. The Labute approximate surface area is 80.2 Å². The molecule has 1 heterocycles. The molecule has 2 N–H and O–H groups in total. The second kappa shape index (κ2) is 4.97. The van der Waals surface area contributed by atoms with Gasteiger partial charge in [0.05, 0.1) is 5.69 Å². The Morgan fingerprint density at radius 3 is 2.85 bits per heavy atom. The summed E-state index contributed by atoms with van der Waals surface area (Å²) in [5.41, 5.74) is 8.05. The average Bonchev–Trinajstić information content (AvgIpc) is 2.14. The molecule has 1 atom stereocenters. The summed E-state index contributed by atoms with van der Waals surface area (Å²) in [7, 11) is 0. The van der Waals surface area contributed by atoms with E-state index in [1.165, 1.54) is 12.8 Å². The monoisotopic (exact) mass is 178 g/mol. The highest BCUT2D eigenvalue weighted by atomic mass is 14.8. The second-order valence-corrected chi connectivity index (χ2v) is 3.45. The number of aromatic nitrogens is 1. The van der Waals surface area contributed by atoms with Crippen molar-refractivity contribution < 1.29 is 0 Å². The Balaban J connectivity index is 2.60. The van der Waals surface area contributed by atoms with Gasteiger partial charge in [-0.3, -0.25) is 4.98 Å². The van der Waals surface area contributed by atoms with Gasteiger partial charge in [0.25, 0.3) is 0 Å². The zero-order valence-electron chi connectivity index (χ0n) is 8.46. The zero-order chi connectivity index (χ0) is 9.68. The van der Waals surface area contributed by atoms with E-state index in [2.05, 4.69) is 11.9 Å². The standard InChI is InChI=1S/C11H18N2/c1-3-4-7-10(12)11-8-5-6-9(2)13-11/h5-6,8,10H,3-4,7,12H2,1-2H3. The van der Waals surface area contributed by atoms with Crippen molar-refractivity contribution in [1.82, 2.24) is 4.98 Å². The lowest BCUT2D eigenvalue weighted by atomic mass is 10.1. The topological polar surface area (TPSA) is 38.9 Å². The molecule has 0 radical (unpaired) electrons. The van der Waals surface area contributed by atoms with Gasteiger partial charge in [-0.2, -0.15) is 0 Å². The molecule has 13 heavy (non-hydrogen) atoms. The molecule has 0 aliphatic rings. The summed E-state index contributed by atoms with van der Waals surface area (Å²) in [5.74, 6) is 0. The number of nitrogens with two attached hydrogens (primary N) is 1.